The Balaban J connectivity index is 1.31. The number of nitrogens with one attached hydrogen (secondary N) is 1. The average Bonchev–Trinajstić information content (AvgIpc) is 3.24. The zero-order valence-corrected chi connectivity index (χ0v) is 16.4. The minimum absolute atomic E-state index is 0.000754. The van der Waals surface area contributed by atoms with Gasteiger partial charge in [-0.3, -0.25) is 9.69 Å². The number of amides is 3. The lowest BCUT2D eigenvalue weighted by atomic mass is 9.96. The van der Waals surface area contributed by atoms with Gasteiger partial charge in [0.2, 0.25) is 5.91 Å². The SMILES string of the molecule is C[C@H]1CN(C(=O)N2CCC(C(=O)NC[C@@H]3CCCO3)CC2)c2ccccc2O1. The first-order valence-corrected chi connectivity index (χ1v) is 10.3. The Labute approximate surface area is 166 Å². The number of ether oxygens (including phenoxy) is 2. The van der Waals surface area contributed by atoms with Crippen LogP contribution in [0, 0.1) is 5.92 Å². The van der Waals surface area contributed by atoms with Crippen LogP contribution < -0.4 is 15.0 Å². The molecule has 7 nitrogen and oxygen atoms in total. The molecule has 7 heteroatoms. The summed E-state index contributed by atoms with van der Waals surface area (Å²) in [6.07, 6.45) is 3.61. The highest BCUT2D eigenvalue weighted by atomic mass is 16.5. The van der Waals surface area contributed by atoms with Gasteiger partial charge in [0, 0.05) is 32.2 Å². The van der Waals surface area contributed by atoms with Gasteiger partial charge >= 0.3 is 6.03 Å². The molecule has 2 fully saturated rings. The first-order valence-electron chi connectivity index (χ1n) is 10.3. The minimum atomic E-state index is -0.0417. The van der Waals surface area contributed by atoms with Crippen molar-refractivity contribution in [3.63, 3.8) is 0 Å². The number of rotatable bonds is 3. The summed E-state index contributed by atoms with van der Waals surface area (Å²) < 4.78 is 11.4. The molecule has 0 saturated carbocycles. The molecule has 3 aliphatic heterocycles. The molecule has 4 rings (SSSR count). The Hall–Kier alpha value is -2.28. The van der Waals surface area contributed by atoms with Gasteiger partial charge in [0.1, 0.15) is 11.9 Å². The average molecular weight is 387 g/mol. The Kier molecular flexibility index (Phi) is 5.71. The Morgan fingerprint density at radius 2 is 1.96 bits per heavy atom. The highest BCUT2D eigenvalue weighted by Crippen LogP contribution is 2.34. The third-order valence-electron chi connectivity index (χ3n) is 5.82. The number of carbonyl (C=O) groups excluding carboxylic acids is 2. The van der Waals surface area contributed by atoms with E-state index in [2.05, 4.69) is 5.32 Å². The normalized spacial score (nSPS) is 25.2. The van der Waals surface area contributed by atoms with Gasteiger partial charge in [0.05, 0.1) is 18.3 Å². The number of carbonyl (C=O) groups is 2. The summed E-state index contributed by atoms with van der Waals surface area (Å²) in [5.74, 6) is 0.812. The van der Waals surface area contributed by atoms with E-state index in [-0.39, 0.29) is 30.1 Å². The van der Waals surface area contributed by atoms with E-state index in [0.29, 0.717) is 39.0 Å². The maximum atomic E-state index is 13.1. The van der Waals surface area contributed by atoms with Gasteiger partial charge < -0.3 is 19.7 Å². The van der Waals surface area contributed by atoms with Crippen LogP contribution in [0.1, 0.15) is 32.6 Å². The summed E-state index contributed by atoms with van der Waals surface area (Å²) in [5.41, 5.74) is 0.821. The van der Waals surface area contributed by atoms with Gasteiger partial charge in [-0.05, 0) is 44.7 Å². The number of urea groups is 1. The van der Waals surface area contributed by atoms with E-state index in [9.17, 15) is 9.59 Å². The minimum Gasteiger partial charge on any atom is -0.487 e. The van der Waals surface area contributed by atoms with E-state index in [4.69, 9.17) is 9.47 Å². The fourth-order valence-corrected chi connectivity index (χ4v) is 4.24. The second-order valence-electron chi connectivity index (χ2n) is 7.93. The molecule has 0 bridgehead atoms. The van der Waals surface area contributed by atoms with E-state index in [1.165, 1.54) is 0 Å². The topological polar surface area (TPSA) is 71.1 Å². The van der Waals surface area contributed by atoms with Crippen LogP contribution in [-0.4, -0.2) is 61.8 Å². The molecule has 28 heavy (non-hydrogen) atoms. The van der Waals surface area contributed by atoms with Crippen molar-refractivity contribution in [2.75, 3.05) is 37.7 Å². The van der Waals surface area contributed by atoms with Crippen LogP contribution in [0.5, 0.6) is 5.75 Å². The first kappa shape index (κ1) is 19.1. The number of hydrogen-bond acceptors (Lipinski definition) is 4. The molecule has 2 atom stereocenters. The van der Waals surface area contributed by atoms with Gasteiger partial charge in [0.25, 0.3) is 0 Å². The molecule has 3 aliphatic rings. The van der Waals surface area contributed by atoms with Crippen LogP contribution in [0.2, 0.25) is 0 Å². The number of hydrogen-bond donors (Lipinski definition) is 1. The van der Waals surface area contributed by atoms with Crippen molar-refractivity contribution in [3.05, 3.63) is 24.3 Å². The molecular formula is C21H29N3O4. The largest absolute Gasteiger partial charge is 0.487 e. The molecule has 0 spiro atoms. The molecule has 3 amide bonds. The molecule has 3 heterocycles. The van der Waals surface area contributed by atoms with E-state index < -0.39 is 0 Å². The monoisotopic (exact) mass is 387 g/mol. The van der Waals surface area contributed by atoms with Crippen LogP contribution >= 0.6 is 0 Å². The zero-order chi connectivity index (χ0) is 19.5. The number of benzene rings is 1. The van der Waals surface area contributed by atoms with Gasteiger partial charge in [0.15, 0.2) is 0 Å². The number of anilines is 1. The lowest BCUT2D eigenvalue weighted by Crippen LogP contribution is -2.52. The van der Waals surface area contributed by atoms with Gasteiger partial charge in [-0.25, -0.2) is 4.79 Å². The lowest BCUT2D eigenvalue weighted by Gasteiger charge is -2.39. The van der Waals surface area contributed by atoms with Crippen LogP contribution in [0.15, 0.2) is 24.3 Å². The standard InChI is InChI=1S/C21H29N3O4/c1-15-14-24(18-6-2-3-7-19(18)28-15)21(26)23-10-8-16(9-11-23)20(25)22-13-17-5-4-12-27-17/h2-3,6-7,15-17H,4-5,8-14H2,1H3,(H,22,25)/t15-,17-/m0/s1. The van der Waals surface area contributed by atoms with E-state index in [1.54, 1.807) is 4.90 Å². The zero-order valence-electron chi connectivity index (χ0n) is 16.4. The van der Waals surface area contributed by atoms with E-state index in [1.807, 2.05) is 36.1 Å². The number of likely N-dealkylation sites (tertiary alicyclic amines) is 1. The summed E-state index contributed by atoms with van der Waals surface area (Å²) >= 11 is 0. The van der Waals surface area contributed by atoms with Crippen molar-refractivity contribution in [2.45, 2.75) is 44.8 Å². The van der Waals surface area contributed by atoms with E-state index >= 15 is 0 Å². The molecule has 0 radical (unpaired) electrons. The maximum Gasteiger partial charge on any atom is 0.324 e. The smallest absolute Gasteiger partial charge is 0.324 e. The number of para-hydroxylation sites is 2. The summed E-state index contributed by atoms with van der Waals surface area (Å²) in [6.45, 7) is 5.11. The van der Waals surface area contributed by atoms with E-state index in [0.717, 1.165) is 30.9 Å². The van der Waals surface area contributed by atoms with Gasteiger partial charge in [-0.1, -0.05) is 12.1 Å². The van der Waals surface area contributed by atoms with Crippen molar-refractivity contribution in [1.82, 2.24) is 10.2 Å². The molecule has 0 aromatic heterocycles. The third kappa shape index (κ3) is 4.09. The van der Waals surface area contributed by atoms with Crippen LogP contribution in [0.25, 0.3) is 0 Å². The second kappa shape index (κ2) is 8.39. The number of piperidine rings is 1. The first-order chi connectivity index (χ1) is 13.6. The fraction of sp³-hybridized carbons (Fsp3) is 0.619. The Morgan fingerprint density at radius 1 is 1.18 bits per heavy atom. The maximum absolute atomic E-state index is 13.1. The van der Waals surface area contributed by atoms with Gasteiger partial charge in [-0.2, -0.15) is 0 Å². The highest BCUT2D eigenvalue weighted by Gasteiger charge is 2.33. The molecule has 0 unspecified atom stereocenters. The molecule has 1 N–H and O–H groups in total. The molecule has 1 aromatic rings. The summed E-state index contributed by atoms with van der Waals surface area (Å²) in [6, 6.07) is 7.66. The van der Waals surface area contributed by atoms with Crippen molar-refractivity contribution in [2.24, 2.45) is 5.92 Å². The van der Waals surface area contributed by atoms with Crippen molar-refractivity contribution in [3.8, 4) is 5.75 Å². The van der Waals surface area contributed by atoms with Crippen molar-refractivity contribution < 1.29 is 19.1 Å². The summed E-state index contributed by atoms with van der Waals surface area (Å²) in [4.78, 5) is 29.2. The molecule has 0 aliphatic carbocycles. The van der Waals surface area contributed by atoms with Crippen molar-refractivity contribution >= 4 is 17.6 Å². The van der Waals surface area contributed by atoms with Crippen LogP contribution in [0.4, 0.5) is 10.5 Å². The van der Waals surface area contributed by atoms with Crippen LogP contribution in [-0.2, 0) is 9.53 Å². The fourth-order valence-electron chi connectivity index (χ4n) is 4.24. The number of fused-ring (bicyclic) bond motifs is 1. The molecule has 1 aromatic carbocycles. The van der Waals surface area contributed by atoms with Gasteiger partial charge in [-0.15, -0.1) is 0 Å². The van der Waals surface area contributed by atoms with Crippen LogP contribution in [0.3, 0.4) is 0 Å². The lowest BCUT2D eigenvalue weighted by molar-refractivity contribution is -0.126. The second-order valence-corrected chi connectivity index (χ2v) is 7.93. The Bertz CT molecular complexity index is 711. The molecule has 2 saturated heterocycles. The summed E-state index contributed by atoms with van der Waals surface area (Å²) in [5, 5.41) is 3.03. The highest BCUT2D eigenvalue weighted by molar-refractivity contribution is 5.94. The third-order valence-corrected chi connectivity index (χ3v) is 5.82. The van der Waals surface area contributed by atoms with Crippen molar-refractivity contribution in [1.29, 1.82) is 0 Å². The quantitative estimate of drug-likeness (QED) is 0.865. The number of nitrogens with zero attached hydrogens (tertiary/aromatic N) is 2. The molecular weight excluding hydrogens is 358 g/mol. The predicted octanol–water partition coefficient (Wildman–Crippen LogP) is 2.40. The molecule has 152 valence electrons. The Morgan fingerprint density at radius 3 is 2.71 bits per heavy atom. The summed E-state index contributed by atoms with van der Waals surface area (Å²) in [7, 11) is 0. The predicted molar refractivity (Wildman–Crippen MR) is 106 cm³/mol.